The monoisotopic (exact) mass is 282 g/mol. The first-order valence-corrected chi connectivity index (χ1v) is 7.88. The quantitative estimate of drug-likeness (QED) is 0.835. The Morgan fingerprint density at radius 2 is 1.90 bits per heavy atom. The van der Waals surface area contributed by atoms with Crippen LogP contribution in [0.5, 0.6) is 0 Å². The van der Waals surface area contributed by atoms with Crippen LogP contribution in [0.2, 0.25) is 0 Å². The van der Waals surface area contributed by atoms with E-state index in [-0.39, 0.29) is 18.0 Å². The van der Waals surface area contributed by atoms with Gasteiger partial charge >= 0.3 is 12.0 Å². The van der Waals surface area contributed by atoms with Crippen LogP contribution in [0.3, 0.4) is 0 Å². The molecule has 5 nitrogen and oxygen atoms in total. The summed E-state index contributed by atoms with van der Waals surface area (Å²) in [7, 11) is 0. The SMILES string of the molecule is CCC1CCCN(C(=O)NC2CCC(C(=O)O)CC2)C1. The third kappa shape index (κ3) is 3.87. The smallest absolute Gasteiger partial charge is 0.317 e. The molecule has 0 radical (unpaired) electrons. The van der Waals surface area contributed by atoms with Crippen LogP contribution in [-0.2, 0) is 4.79 Å². The highest BCUT2D eigenvalue weighted by Gasteiger charge is 2.29. The van der Waals surface area contributed by atoms with E-state index in [0.717, 1.165) is 38.8 Å². The number of hydrogen-bond donors (Lipinski definition) is 2. The van der Waals surface area contributed by atoms with Gasteiger partial charge in [0.15, 0.2) is 0 Å². The molecule has 2 N–H and O–H groups in total. The standard InChI is InChI=1S/C15H26N2O3/c1-2-11-4-3-9-17(10-11)15(20)16-13-7-5-12(6-8-13)14(18)19/h11-13H,2-10H2,1H3,(H,16,20)(H,18,19). The molecule has 1 aliphatic carbocycles. The number of carbonyl (C=O) groups is 2. The minimum absolute atomic E-state index is 0.0434. The van der Waals surface area contributed by atoms with E-state index in [4.69, 9.17) is 5.11 Å². The number of amides is 2. The van der Waals surface area contributed by atoms with Crippen molar-refractivity contribution in [2.24, 2.45) is 11.8 Å². The highest BCUT2D eigenvalue weighted by atomic mass is 16.4. The predicted octanol–water partition coefficient (Wildman–Crippen LogP) is 2.46. The van der Waals surface area contributed by atoms with Gasteiger partial charge in [-0.1, -0.05) is 13.3 Å². The van der Waals surface area contributed by atoms with Gasteiger partial charge in [-0.15, -0.1) is 0 Å². The number of piperidine rings is 1. The van der Waals surface area contributed by atoms with Gasteiger partial charge in [0.2, 0.25) is 0 Å². The van der Waals surface area contributed by atoms with Crippen molar-refractivity contribution in [3.05, 3.63) is 0 Å². The lowest BCUT2D eigenvalue weighted by atomic mass is 9.86. The Labute approximate surface area is 120 Å². The van der Waals surface area contributed by atoms with Crippen LogP contribution >= 0.6 is 0 Å². The molecule has 114 valence electrons. The molecule has 2 rings (SSSR count). The summed E-state index contributed by atoms with van der Waals surface area (Å²) in [6.45, 7) is 3.90. The van der Waals surface area contributed by atoms with Crippen molar-refractivity contribution in [2.75, 3.05) is 13.1 Å². The summed E-state index contributed by atoms with van der Waals surface area (Å²) < 4.78 is 0. The molecule has 20 heavy (non-hydrogen) atoms. The summed E-state index contributed by atoms with van der Waals surface area (Å²) >= 11 is 0. The van der Waals surface area contributed by atoms with Crippen LogP contribution in [0.1, 0.15) is 51.9 Å². The third-order valence-electron chi connectivity index (χ3n) is 4.79. The van der Waals surface area contributed by atoms with Gasteiger partial charge in [0.25, 0.3) is 0 Å². The fourth-order valence-electron chi connectivity index (χ4n) is 3.33. The van der Waals surface area contributed by atoms with E-state index < -0.39 is 5.97 Å². The second kappa shape index (κ2) is 6.95. The third-order valence-corrected chi connectivity index (χ3v) is 4.79. The number of carbonyl (C=O) groups excluding carboxylic acids is 1. The molecule has 5 heteroatoms. The molecule has 0 bridgehead atoms. The summed E-state index contributed by atoms with van der Waals surface area (Å²) in [5, 5.41) is 12.1. The zero-order valence-corrected chi connectivity index (χ0v) is 12.3. The highest BCUT2D eigenvalue weighted by Crippen LogP contribution is 2.25. The van der Waals surface area contributed by atoms with Crippen molar-refractivity contribution in [2.45, 2.75) is 57.9 Å². The molecule has 2 aliphatic rings. The molecule has 2 fully saturated rings. The molecule has 1 saturated heterocycles. The molecule has 0 aromatic heterocycles. The van der Waals surface area contributed by atoms with Crippen molar-refractivity contribution >= 4 is 12.0 Å². The van der Waals surface area contributed by atoms with Gasteiger partial charge in [-0.2, -0.15) is 0 Å². The maximum absolute atomic E-state index is 12.2. The fourth-order valence-corrected chi connectivity index (χ4v) is 3.33. The highest BCUT2D eigenvalue weighted by molar-refractivity contribution is 5.75. The number of carboxylic acid groups (broad SMARTS) is 1. The molecule has 1 unspecified atom stereocenters. The van der Waals surface area contributed by atoms with Crippen molar-refractivity contribution in [3.63, 3.8) is 0 Å². The number of likely N-dealkylation sites (tertiary alicyclic amines) is 1. The van der Waals surface area contributed by atoms with Crippen molar-refractivity contribution in [3.8, 4) is 0 Å². The maximum Gasteiger partial charge on any atom is 0.317 e. The molecule has 1 heterocycles. The molecule has 1 saturated carbocycles. The Hall–Kier alpha value is -1.26. The largest absolute Gasteiger partial charge is 0.481 e. The second-order valence-electron chi connectivity index (χ2n) is 6.20. The van der Waals surface area contributed by atoms with Crippen LogP contribution < -0.4 is 5.32 Å². The normalized spacial score (nSPS) is 30.9. The van der Waals surface area contributed by atoms with E-state index in [1.54, 1.807) is 0 Å². The Bertz CT molecular complexity index is 351. The second-order valence-corrected chi connectivity index (χ2v) is 6.20. The van der Waals surface area contributed by atoms with Crippen LogP contribution in [0, 0.1) is 11.8 Å². The van der Waals surface area contributed by atoms with Crippen LogP contribution in [0.4, 0.5) is 4.79 Å². The molecular formula is C15H26N2O3. The molecule has 0 spiro atoms. The number of nitrogens with one attached hydrogen (secondary N) is 1. The number of carboxylic acids is 1. The van der Waals surface area contributed by atoms with Crippen molar-refractivity contribution < 1.29 is 14.7 Å². The minimum atomic E-state index is -0.698. The van der Waals surface area contributed by atoms with E-state index >= 15 is 0 Å². The Kier molecular flexibility index (Phi) is 5.26. The first-order chi connectivity index (χ1) is 9.60. The van der Waals surface area contributed by atoms with Gasteiger partial charge < -0.3 is 15.3 Å². The Morgan fingerprint density at radius 3 is 2.50 bits per heavy atom. The number of hydrogen-bond acceptors (Lipinski definition) is 2. The van der Waals surface area contributed by atoms with E-state index in [9.17, 15) is 9.59 Å². The van der Waals surface area contributed by atoms with Crippen molar-refractivity contribution in [1.29, 1.82) is 0 Å². The van der Waals surface area contributed by atoms with Crippen molar-refractivity contribution in [1.82, 2.24) is 10.2 Å². The van der Waals surface area contributed by atoms with Gasteiger partial charge in [0.05, 0.1) is 5.92 Å². The van der Waals surface area contributed by atoms with E-state index in [0.29, 0.717) is 18.8 Å². The van der Waals surface area contributed by atoms with Gasteiger partial charge in [-0.25, -0.2) is 4.79 Å². The Morgan fingerprint density at radius 1 is 1.20 bits per heavy atom. The zero-order chi connectivity index (χ0) is 14.5. The lowest BCUT2D eigenvalue weighted by molar-refractivity contribution is -0.142. The van der Waals surface area contributed by atoms with Crippen LogP contribution in [0.15, 0.2) is 0 Å². The van der Waals surface area contributed by atoms with Gasteiger partial charge in [-0.05, 0) is 44.4 Å². The zero-order valence-electron chi connectivity index (χ0n) is 12.3. The summed E-state index contributed by atoms with van der Waals surface area (Å²) in [5.41, 5.74) is 0. The molecule has 0 aromatic rings. The van der Waals surface area contributed by atoms with E-state index in [2.05, 4.69) is 12.2 Å². The first kappa shape index (κ1) is 15.1. The first-order valence-electron chi connectivity index (χ1n) is 7.88. The number of urea groups is 1. The summed E-state index contributed by atoms with van der Waals surface area (Å²) in [6.07, 6.45) is 6.38. The van der Waals surface area contributed by atoms with Crippen LogP contribution in [-0.4, -0.2) is 41.1 Å². The molecule has 0 aromatic carbocycles. The lowest BCUT2D eigenvalue weighted by Gasteiger charge is -2.34. The maximum atomic E-state index is 12.2. The summed E-state index contributed by atoms with van der Waals surface area (Å²) in [4.78, 5) is 25.1. The van der Waals surface area contributed by atoms with Crippen LogP contribution in [0.25, 0.3) is 0 Å². The average Bonchev–Trinajstić information content (AvgIpc) is 2.47. The molecular weight excluding hydrogens is 256 g/mol. The number of rotatable bonds is 3. The summed E-state index contributed by atoms with van der Waals surface area (Å²) in [5.74, 6) is -0.281. The predicted molar refractivity (Wildman–Crippen MR) is 76.5 cm³/mol. The summed E-state index contributed by atoms with van der Waals surface area (Å²) in [6, 6.07) is 0.196. The Balaban J connectivity index is 1.76. The molecule has 1 atom stereocenters. The molecule has 1 aliphatic heterocycles. The average molecular weight is 282 g/mol. The number of aliphatic carboxylic acids is 1. The van der Waals surface area contributed by atoms with Gasteiger partial charge in [0, 0.05) is 19.1 Å². The van der Waals surface area contributed by atoms with Gasteiger partial charge in [-0.3, -0.25) is 4.79 Å². The minimum Gasteiger partial charge on any atom is -0.481 e. The topological polar surface area (TPSA) is 69.6 Å². The van der Waals surface area contributed by atoms with E-state index in [1.165, 1.54) is 6.42 Å². The van der Waals surface area contributed by atoms with Gasteiger partial charge in [0.1, 0.15) is 0 Å². The fraction of sp³-hybridized carbons (Fsp3) is 0.867. The number of nitrogens with zero attached hydrogens (tertiary/aromatic N) is 1. The lowest BCUT2D eigenvalue weighted by Crippen LogP contribution is -2.49. The molecule has 2 amide bonds. The van der Waals surface area contributed by atoms with E-state index in [1.807, 2.05) is 4.90 Å².